The number of rotatable bonds is 7. The van der Waals surface area contributed by atoms with Gasteiger partial charge in [0.1, 0.15) is 0 Å². The maximum Gasteiger partial charge on any atom is 0.267 e. The molecule has 4 rings (SSSR count). The van der Waals surface area contributed by atoms with Crippen molar-refractivity contribution in [2.24, 2.45) is 0 Å². The van der Waals surface area contributed by atoms with Crippen molar-refractivity contribution in [2.75, 3.05) is 25.0 Å². The fourth-order valence-corrected chi connectivity index (χ4v) is 4.61. The minimum Gasteiger partial charge on any atom is -0.359 e. The first-order valence-corrected chi connectivity index (χ1v) is 12.3. The van der Waals surface area contributed by atoms with E-state index >= 15 is 0 Å². The smallest absolute Gasteiger partial charge is 0.267 e. The number of ether oxygens (including phenoxy) is 1. The highest BCUT2D eigenvalue weighted by Gasteiger charge is 2.24. The average Bonchev–Trinajstić information content (AvgIpc) is 3.30. The van der Waals surface area contributed by atoms with E-state index in [9.17, 15) is 9.59 Å². The zero-order valence-electron chi connectivity index (χ0n) is 18.2. The van der Waals surface area contributed by atoms with Crippen LogP contribution in [0.15, 0.2) is 35.7 Å². The van der Waals surface area contributed by atoms with E-state index in [0.717, 1.165) is 37.2 Å². The van der Waals surface area contributed by atoms with Gasteiger partial charge in [0.05, 0.1) is 5.69 Å². The third-order valence-corrected chi connectivity index (χ3v) is 6.60. The van der Waals surface area contributed by atoms with Gasteiger partial charge in [-0.3, -0.25) is 9.59 Å². The number of piperidine rings is 1. The molecule has 0 spiro atoms. The van der Waals surface area contributed by atoms with Crippen LogP contribution < -0.4 is 10.8 Å². The van der Waals surface area contributed by atoms with Crippen molar-refractivity contribution in [1.82, 2.24) is 15.4 Å². The molecule has 176 valence electrons. The minimum absolute atomic E-state index is 0.0316. The van der Waals surface area contributed by atoms with Crippen LogP contribution in [0.25, 0.3) is 6.08 Å². The molecule has 2 aliphatic rings. The summed E-state index contributed by atoms with van der Waals surface area (Å²) < 4.78 is 5.41. The monoisotopic (exact) mass is 490 g/mol. The van der Waals surface area contributed by atoms with E-state index in [1.807, 2.05) is 10.3 Å². The van der Waals surface area contributed by atoms with Gasteiger partial charge in [0.2, 0.25) is 0 Å². The topological polar surface area (TPSA) is 92.8 Å². The second-order valence-electron chi connectivity index (χ2n) is 8.01. The average molecular weight is 491 g/mol. The van der Waals surface area contributed by atoms with E-state index in [1.165, 1.54) is 17.4 Å². The number of thiazole rings is 1. The van der Waals surface area contributed by atoms with Crippen LogP contribution in [0.1, 0.15) is 48.2 Å². The summed E-state index contributed by atoms with van der Waals surface area (Å²) in [7, 11) is 0. The number of likely N-dealkylation sites (tertiary alicyclic amines) is 1. The summed E-state index contributed by atoms with van der Waals surface area (Å²) >= 11 is 7.39. The molecule has 10 heteroatoms. The number of nitrogens with one attached hydrogen (secondary N) is 2. The lowest BCUT2D eigenvalue weighted by Crippen LogP contribution is -2.42. The summed E-state index contributed by atoms with van der Waals surface area (Å²) in [5.74, 6) is -0.325. The minimum atomic E-state index is -0.376. The molecule has 0 saturated carbocycles. The largest absolute Gasteiger partial charge is 0.359 e. The molecule has 1 aromatic carbocycles. The Morgan fingerprint density at radius 2 is 1.97 bits per heavy atom. The van der Waals surface area contributed by atoms with Crippen LogP contribution in [0.2, 0.25) is 5.02 Å². The molecule has 0 radical (unpaired) electrons. The molecule has 0 bridgehead atoms. The fourth-order valence-electron chi connectivity index (χ4n) is 3.73. The van der Waals surface area contributed by atoms with E-state index < -0.39 is 0 Å². The van der Waals surface area contributed by atoms with Gasteiger partial charge in [0.15, 0.2) is 11.4 Å². The van der Waals surface area contributed by atoms with Gasteiger partial charge < -0.3 is 15.0 Å². The lowest BCUT2D eigenvalue weighted by molar-refractivity contribution is -0.198. The van der Waals surface area contributed by atoms with Gasteiger partial charge in [-0.2, -0.15) is 0 Å². The summed E-state index contributed by atoms with van der Waals surface area (Å²) in [4.78, 5) is 36.2. The number of hydrogen-bond acceptors (Lipinski definition) is 7. The second-order valence-corrected chi connectivity index (χ2v) is 9.30. The van der Waals surface area contributed by atoms with Gasteiger partial charge in [-0.1, -0.05) is 11.6 Å². The maximum absolute atomic E-state index is 12.6. The first-order valence-electron chi connectivity index (χ1n) is 11.1. The van der Waals surface area contributed by atoms with Crippen LogP contribution in [-0.4, -0.2) is 53.7 Å². The SMILES string of the molecule is O=C(/C=C/c1csc(NC2CCN(C(=O)c3ccc(Cl)cc3)CC2)n1)NOC1CCCCO1. The van der Waals surface area contributed by atoms with Gasteiger partial charge in [0, 0.05) is 54.2 Å². The Bertz CT molecular complexity index is 967. The fraction of sp³-hybridized carbons (Fsp3) is 0.435. The quantitative estimate of drug-likeness (QED) is 0.448. The Hall–Kier alpha value is -2.46. The van der Waals surface area contributed by atoms with Crippen LogP contribution in [0, 0.1) is 0 Å². The van der Waals surface area contributed by atoms with Crippen LogP contribution in [-0.2, 0) is 14.4 Å². The van der Waals surface area contributed by atoms with Crippen LogP contribution in [0.4, 0.5) is 5.13 Å². The highest BCUT2D eigenvalue weighted by molar-refractivity contribution is 7.13. The normalized spacial score (nSPS) is 19.5. The molecule has 1 aromatic heterocycles. The number of carbonyl (C=O) groups excluding carboxylic acids is 2. The van der Waals surface area contributed by atoms with Crippen LogP contribution in [0.5, 0.6) is 0 Å². The standard InChI is InChI=1S/C23H27ClN4O4S/c24-17-6-4-16(5-7-17)22(30)28-12-10-18(11-13-28)25-23-26-19(15-33-23)8-9-20(29)27-32-21-3-1-2-14-31-21/h4-9,15,18,21H,1-3,10-14H2,(H,25,26)(H,27,29)/b9-8+. The molecule has 33 heavy (non-hydrogen) atoms. The molecule has 1 atom stereocenters. The molecule has 2 saturated heterocycles. The molecule has 1 unspecified atom stereocenters. The van der Waals surface area contributed by atoms with Crippen LogP contribution in [0.3, 0.4) is 0 Å². The van der Waals surface area contributed by atoms with Gasteiger partial charge >= 0.3 is 0 Å². The zero-order valence-corrected chi connectivity index (χ0v) is 19.7. The van der Waals surface area contributed by atoms with E-state index in [-0.39, 0.29) is 24.1 Å². The Kier molecular flexibility index (Phi) is 8.33. The molecular weight excluding hydrogens is 464 g/mol. The zero-order chi connectivity index (χ0) is 23.0. The van der Waals surface area contributed by atoms with Crippen molar-refractivity contribution in [2.45, 2.75) is 44.4 Å². The predicted molar refractivity (Wildman–Crippen MR) is 128 cm³/mol. The van der Waals surface area contributed by atoms with E-state index in [1.54, 1.807) is 30.3 Å². The first kappa shape index (κ1) is 23.7. The molecule has 2 N–H and O–H groups in total. The lowest BCUT2D eigenvalue weighted by Gasteiger charge is -2.32. The van der Waals surface area contributed by atoms with Crippen molar-refractivity contribution in [3.05, 3.63) is 52.0 Å². The first-order chi connectivity index (χ1) is 16.1. The third-order valence-electron chi connectivity index (χ3n) is 5.56. The van der Waals surface area contributed by atoms with E-state index in [0.29, 0.717) is 36.0 Å². The van der Waals surface area contributed by atoms with Gasteiger partial charge in [-0.15, -0.1) is 11.3 Å². The summed E-state index contributed by atoms with van der Waals surface area (Å²) in [5, 5.41) is 6.74. The summed E-state index contributed by atoms with van der Waals surface area (Å²) in [6, 6.07) is 7.24. The molecule has 3 heterocycles. The summed E-state index contributed by atoms with van der Waals surface area (Å²) in [6.45, 7) is 2.02. The summed E-state index contributed by atoms with van der Waals surface area (Å²) in [5.41, 5.74) is 3.75. The second kappa shape index (κ2) is 11.6. The number of hydroxylamine groups is 1. The van der Waals surface area contributed by atoms with Crippen molar-refractivity contribution in [3.63, 3.8) is 0 Å². The number of anilines is 1. The molecule has 2 amide bonds. The van der Waals surface area contributed by atoms with Crippen molar-refractivity contribution < 1.29 is 19.2 Å². The molecule has 8 nitrogen and oxygen atoms in total. The van der Waals surface area contributed by atoms with E-state index in [4.69, 9.17) is 21.2 Å². The number of hydrogen-bond donors (Lipinski definition) is 2. The van der Waals surface area contributed by atoms with Crippen molar-refractivity contribution >= 4 is 46.0 Å². The molecule has 2 fully saturated rings. The Morgan fingerprint density at radius 3 is 2.70 bits per heavy atom. The number of benzene rings is 1. The van der Waals surface area contributed by atoms with Crippen molar-refractivity contribution in [1.29, 1.82) is 0 Å². The number of aromatic nitrogens is 1. The number of halogens is 1. The third kappa shape index (κ3) is 7.01. The highest BCUT2D eigenvalue weighted by atomic mass is 35.5. The molecule has 0 aliphatic carbocycles. The molecule has 2 aliphatic heterocycles. The number of nitrogens with zero attached hydrogens (tertiary/aromatic N) is 2. The maximum atomic E-state index is 12.6. The number of carbonyl (C=O) groups is 2. The van der Waals surface area contributed by atoms with E-state index in [2.05, 4.69) is 15.8 Å². The summed E-state index contributed by atoms with van der Waals surface area (Å²) in [6.07, 6.45) is 7.17. The Labute approximate surface area is 201 Å². The molecular formula is C23H27ClN4O4S. The van der Waals surface area contributed by atoms with Crippen LogP contribution >= 0.6 is 22.9 Å². The van der Waals surface area contributed by atoms with Gasteiger partial charge in [-0.25, -0.2) is 15.3 Å². The van der Waals surface area contributed by atoms with Crippen molar-refractivity contribution in [3.8, 4) is 0 Å². The Balaban J connectivity index is 1.19. The van der Waals surface area contributed by atoms with Gasteiger partial charge in [0.25, 0.3) is 11.8 Å². The lowest BCUT2D eigenvalue weighted by atomic mass is 10.0. The van der Waals surface area contributed by atoms with Gasteiger partial charge in [-0.05, 0) is 56.0 Å². The predicted octanol–water partition coefficient (Wildman–Crippen LogP) is 4.10. The highest BCUT2D eigenvalue weighted by Crippen LogP contribution is 2.22. The Morgan fingerprint density at radius 1 is 1.18 bits per heavy atom. The molecule has 2 aromatic rings. The number of amides is 2.